The summed E-state index contributed by atoms with van der Waals surface area (Å²) in [5.41, 5.74) is 0.487. The Morgan fingerprint density at radius 2 is 2.11 bits per heavy atom. The van der Waals surface area contributed by atoms with Crippen molar-refractivity contribution in [2.45, 2.75) is 19.4 Å². The number of carbonyl (C=O) groups excluding carboxylic acids is 1. The topological polar surface area (TPSA) is 42.2 Å². The minimum Gasteiger partial charge on any atom is -0.469 e. The first-order chi connectivity index (χ1) is 9.06. The number of nitrogens with one attached hydrogen (secondary N) is 1. The number of hydrogen-bond acceptors (Lipinski definition) is 2. The first-order valence-electron chi connectivity index (χ1n) is 5.84. The van der Waals surface area contributed by atoms with E-state index < -0.39 is 0 Å². The lowest BCUT2D eigenvalue weighted by molar-refractivity contribution is 0.0939. The van der Waals surface area contributed by atoms with E-state index in [9.17, 15) is 4.79 Å². The van der Waals surface area contributed by atoms with Crippen LogP contribution in [0, 0.1) is 0 Å². The third-order valence-corrected chi connectivity index (χ3v) is 3.39. The Kier molecular flexibility index (Phi) is 4.51. The zero-order chi connectivity index (χ0) is 13.8. The van der Waals surface area contributed by atoms with E-state index >= 15 is 0 Å². The van der Waals surface area contributed by atoms with Gasteiger partial charge >= 0.3 is 0 Å². The van der Waals surface area contributed by atoms with E-state index in [1.807, 2.05) is 19.1 Å². The summed E-state index contributed by atoms with van der Waals surface area (Å²) < 4.78 is 5.24. The SMILES string of the molecule is C[C@@H](Cc1ccco1)NC(=O)c1ccc(Cl)c(Cl)c1. The number of carbonyl (C=O) groups is 1. The molecule has 0 saturated carbocycles. The van der Waals surface area contributed by atoms with Crippen molar-refractivity contribution in [2.75, 3.05) is 0 Å². The zero-order valence-electron chi connectivity index (χ0n) is 10.3. The van der Waals surface area contributed by atoms with Gasteiger partial charge in [-0.25, -0.2) is 0 Å². The van der Waals surface area contributed by atoms with Gasteiger partial charge in [0, 0.05) is 18.0 Å². The van der Waals surface area contributed by atoms with E-state index in [1.165, 1.54) is 0 Å². The molecule has 2 aromatic rings. The molecule has 0 aliphatic heterocycles. The monoisotopic (exact) mass is 297 g/mol. The van der Waals surface area contributed by atoms with Crippen LogP contribution in [0.15, 0.2) is 41.0 Å². The van der Waals surface area contributed by atoms with E-state index in [0.29, 0.717) is 22.0 Å². The van der Waals surface area contributed by atoms with Gasteiger partial charge in [-0.1, -0.05) is 23.2 Å². The Morgan fingerprint density at radius 3 is 2.74 bits per heavy atom. The summed E-state index contributed by atoms with van der Waals surface area (Å²) in [5, 5.41) is 3.68. The molecule has 0 bridgehead atoms. The Hall–Kier alpha value is -1.45. The summed E-state index contributed by atoms with van der Waals surface area (Å²) in [7, 11) is 0. The molecule has 1 aromatic carbocycles. The van der Waals surface area contributed by atoms with E-state index in [2.05, 4.69) is 5.32 Å². The van der Waals surface area contributed by atoms with Gasteiger partial charge in [-0.15, -0.1) is 0 Å². The van der Waals surface area contributed by atoms with Crippen LogP contribution in [0.3, 0.4) is 0 Å². The van der Waals surface area contributed by atoms with Crippen molar-refractivity contribution in [1.29, 1.82) is 0 Å². The number of rotatable bonds is 4. The molecule has 0 aliphatic carbocycles. The summed E-state index contributed by atoms with van der Waals surface area (Å²) in [4.78, 5) is 12.0. The van der Waals surface area contributed by atoms with Crippen molar-refractivity contribution in [3.05, 3.63) is 58.0 Å². The highest BCUT2D eigenvalue weighted by atomic mass is 35.5. The number of hydrogen-bond donors (Lipinski definition) is 1. The van der Waals surface area contributed by atoms with Crippen LogP contribution in [0.4, 0.5) is 0 Å². The van der Waals surface area contributed by atoms with Crippen molar-refractivity contribution in [3.63, 3.8) is 0 Å². The fourth-order valence-electron chi connectivity index (χ4n) is 1.73. The predicted octanol–water partition coefficient (Wildman–Crippen LogP) is 3.95. The highest BCUT2D eigenvalue weighted by molar-refractivity contribution is 6.42. The van der Waals surface area contributed by atoms with Crippen LogP contribution in [0.5, 0.6) is 0 Å². The highest BCUT2D eigenvalue weighted by Gasteiger charge is 2.12. The molecular formula is C14H13Cl2NO2. The van der Waals surface area contributed by atoms with Crippen LogP contribution < -0.4 is 5.32 Å². The van der Waals surface area contributed by atoms with Gasteiger partial charge in [0.15, 0.2) is 0 Å². The van der Waals surface area contributed by atoms with Crippen LogP contribution in [-0.4, -0.2) is 11.9 Å². The Morgan fingerprint density at radius 1 is 1.32 bits per heavy atom. The van der Waals surface area contributed by atoms with Crippen LogP contribution >= 0.6 is 23.2 Å². The summed E-state index contributed by atoms with van der Waals surface area (Å²) in [5.74, 6) is 0.652. The second-order valence-corrected chi connectivity index (χ2v) is 5.10. The second kappa shape index (κ2) is 6.13. The minimum absolute atomic E-state index is 0.0342. The molecule has 2 rings (SSSR count). The zero-order valence-corrected chi connectivity index (χ0v) is 11.8. The summed E-state index contributed by atoms with van der Waals surface area (Å²) in [6, 6.07) is 8.47. The van der Waals surface area contributed by atoms with Gasteiger partial charge in [0.2, 0.25) is 0 Å². The normalized spacial score (nSPS) is 12.2. The molecule has 5 heteroatoms. The molecule has 1 aromatic heterocycles. The van der Waals surface area contributed by atoms with Crippen LogP contribution in [-0.2, 0) is 6.42 Å². The van der Waals surface area contributed by atoms with E-state index in [1.54, 1.807) is 24.5 Å². The summed E-state index contributed by atoms with van der Waals surface area (Å²) in [6.07, 6.45) is 2.25. The first kappa shape index (κ1) is 14.0. The van der Waals surface area contributed by atoms with Crippen molar-refractivity contribution in [3.8, 4) is 0 Å². The average Bonchev–Trinajstić information content (AvgIpc) is 2.85. The summed E-state index contributed by atoms with van der Waals surface area (Å²) in [6.45, 7) is 1.91. The molecule has 1 atom stereocenters. The third kappa shape index (κ3) is 3.75. The molecule has 3 nitrogen and oxygen atoms in total. The minimum atomic E-state index is -0.183. The third-order valence-electron chi connectivity index (χ3n) is 2.65. The van der Waals surface area contributed by atoms with Crippen molar-refractivity contribution in [2.24, 2.45) is 0 Å². The number of amides is 1. The van der Waals surface area contributed by atoms with Gasteiger partial charge in [-0.05, 0) is 37.3 Å². The molecule has 100 valence electrons. The summed E-state index contributed by atoms with van der Waals surface area (Å²) >= 11 is 11.7. The smallest absolute Gasteiger partial charge is 0.251 e. The Bertz CT molecular complexity index is 567. The lowest BCUT2D eigenvalue weighted by Crippen LogP contribution is -2.33. The van der Waals surface area contributed by atoms with Crippen LogP contribution in [0.1, 0.15) is 23.0 Å². The van der Waals surface area contributed by atoms with E-state index in [0.717, 1.165) is 5.76 Å². The fourth-order valence-corrected chi connectivity index (χ4v) is 2.02. The van der Waals surface area contributed by atoms with Gasteiger partial charge in [0.05, 0.1) is 16.3 Å². The lowest BCUT2D eigenvalue weighted by atomic mass is 10.1. The lowest BCUT2D eigenvalue weighted by Gasteiger charge is -2.12. The van der Waals surface area contributed by atoms with Crippen molar-refractivity contribution >= 4 is 29.1 Å². The Labute approximate surface area is 121 Å². The number of benzene rings is 1. The molecule has 1 amide bonds. The maximum atomic E-state index is 12.0. The predicted molar refractivity (Wildman–Crippen MR) is 75.8 cm³/mol. The number of furan rings is 1. The standard InChI is InChI=1S/C14H13Cl2NO2/c1-9(7-11-3-2-6-19-11)17-14(18)10-4-5-12(15)13(16)8-10/h2-6,8-9H,7H2,1H3,(H,17,18)/t9-/m0/s1. The second-order valence-electron chi connectivity index (χ2n) is 4.29. The molecule has 0 unspecified atom stereocenters. The number of halogens is 2. The maximum absolute atomic E-state index is 12.0. The quantitative estimate of drug-likeness (QED) is 0.928. The average molecular weight is 298 g/mol. The van der Waals surface area contributed by atoms with Crippen molar-refractivity contribution < 1.29 is 9.21 Å². The first-order valence-corrected chi connectivity index (χ1v) is 6.60. The van der Waals surface area contributed by atoms with Gasteiger partial charge in [-0.3, -0.25) is 4.79 Å². The molecule has 0 spiro atoms. The molecule has 1 heterocycles. The molecule has 19 heavy (non-hydrogen) atoms. The van der Waals surface area contributed by atoms with E-state index in [-0.39, 0.29) is 11.9 Å². The van der Waals surface area contributed by atoms with Crippen molar-refractivity contribution in [1.82, 2.24) is 5.32 Å². The molecule has 0 saturated heterocycles. The van der Waals surface area contributed by atoms with Gasteiger partial charge in [-0.2, -0.15) is 0 Å². The molecule has 0 fully saturated rings. The van der Waals surface area contributed by atoms with Crippen LogP contribution in [0.25, 0.3) is 0 Å². The molecule has 0 aliphatic rings. The molecular weight excluding hydrogens is 285 g/mol. The largest absolute Gasteiger partial charge is 0.469 e. The van der Waals surface area contributed by atoms with Gasteiger partial charge in [0.1, 0.15) is 5.76 Å². The Balaban J connectivity index is 1.98. The maximum Gasteiger partial charge on any atom is 0.251 e. The van der Waals surface area contributed by atoms with E-state index in [4.69, 9.17) is 27.6 Å². The van der Waals surface area contributed by atoms with Crippen LogP contribution in [0.2, 0.25) is 10.0 Å². The van der Waals surface area contributed by atoms with Gasteiger partial charge in [0.25, 0.3) is 5.91 Å². The van der Waals surface area contributed by atoms with Gasteiger partial charge < -0.3 is 9.73 Å². The molecule has 0 radical (unpaired) electrons. The fraction of sp³-hybridized carbons (Fsp3) is 0.214. The highest BCUT2D eigenvalue weighted by Crippen LogP contribution is 2.22. The molecule has 1 N–H and O–H groups in total.